The second kappa shape index (κ2) is 2.89. The molecule has 0 atom stereocenters. The lowest BCUT2D eigenvalue weighted by molar-refractivity contribution is 1.01. The maximum atomic E-state index is 5.68. The van der Waals surface area contributed by atoms with Crippen molar-refractivity contribution >= 4 is 11.4 Å². The molecule has 0 bridgehead atoms. The Morgan fingerprint density at radius 1 is 1.17 bits per heavy atom. The molecular formula is C10H12N2. The second-order valence-corrected chi connectivity index (χ2v) is 2.97. The zero-order chi connectivity index (χ0) is 8.39. The number of nitrogens with two attached hydrogens (primary N) is 1. The predicted octanol–water partition coefficient (Wildman–Crippen LogP) is 1.65. The maximum Gasteiger partial charge on any atom is 0.0392 e. The number of rotatable bonds is 1. The van der Waals surface area contributed by atoms with Crippen LogP contribution >= 0.6 is 0 Å². The van der Waals surface area contributed by atoms with E-state index in [1.165, 1.54) is 5.69 Å². The summed E-state index contributed by atoms with van der Waals surface area (Å²) in [7, 11) is 0. The van der Waals surface area contributed by atoms with E-state index in [0.717, 1.165) is 18.8 Å². The molecule has 2 nitrogen and oxygen atoms in total. The van der Waals surface area contributed by atoms with E-state index < -0.39 is 0 Å². The molecule has 0 fully saturated rings. The van der Waals surface area contributed by atoms with Gasteiger partial charge in [-0.2, -0.15) is 0 Å². The Labute approximate surface area is 72.3 Å². The van der Waals surface area contributed by atoms with E-state index in [9.17, 15) is 0 Å². The summed E-state index contributed by atoms with van der Waals surface area (Å²) in [6, 6.07) is 7.99. The molecule has 62 valence electrons. The van der Waals surface area contributed by atoms with Crippen LogP contribution in [-0.2, 0) is 0 Å². The van der Waals surface area contributed by atoms with Gasteiger partial charge in [0.15, 0.2) is 0 Å². The molecule has 0 aromatic heterocycles. The Kier molecular flexibility index (Phi) is 1.74. The highest BCUT2D eigenvalue weighted by atomic mass is 15.1. The first-order valence-corrected chi connectivity index (χ1v) is 4.12. The van der Waals surface area contributed by atoms with Crippen LogP contribution in [0.2, 0.25) is 0 Å². The molecule has 1 aliphatic heterocycles. The average molecular weight is 160 g/mol. The molecule has 0 saturated heterocycles. The smallest absolute Gasteiger partial charge is 0.0392 e. The summed E-state index contributed by atoms with van der Waals surface area (Å²) in [6.07, 6.45) is 4.34. The van der Waals surface area contributed by atoms with Gasteiger partial charge in [0.2, 0.25) is 0 Å². The Morgan fingerprint density at radius 3 is 2.58 bits per heavy atom. The standard InChI is InChI=1S/C10H12N2/c11-9-4-3-5-10(8-9)12-6-1-2-7-12/h1-5,8H,6-7,11H2. The first kappa shape index (κ1) is 7.22. The monoisotopic (exact) mass is 160 g/mol. The minimum absolute atomic E-state index is 0.833. The van der Waals surface area contributed by atoms with Crippen molar-refractivity contribution in [2.45, 2.75) is 0 Å². The highest BCUT2D eigenvalue weighted by molar-refractivity contribution is 5.57. The predicted molar refractivity (Wildman–Crippen MR) is 52.2 cm³/mol. The average Bonchev–Trinajstić information content (AvgIpc) is 2.56. The van der Waals surface area contributed by atoms with E-state index in [0.29, 0.717) is 0 Å². The van der Waals surface area contributed by atoms with Crippen LogP contribution in [0.3, 0.4) is 0 Å². The van der Waals surface area contributed by atoms with Crippen molar-refractivity contribution in [1.82, 2.24) is 0 Å². The van der Waals surface area contributed by atoms with Gasteiger partial charge in [0, 0.05) is 24.5 Å². The SMILES string of the molecule is Nc1cccc(N2CC=CC2)c1. The van der Waals surface area contributed by atoms with Crippen molar-refractivity contribution in [3.63, 3.8) is 0 Å². The molecule has 2 N–H and O–H groups in total. The van der Waals surface area contributed by atoms with Gasteiger partial charge in [0.1, 0.15) is 0 Å². The number of hydrogen-bond acceptors (Lipinski definition) is 2. The Balaban J connectivity index is 2.22. The van der Waals surface area contributed by atoms with Crippen molar-refractivity contribution < 1.29 is 0 Å². The largest absolute Gasteiger partial charge is 0.399 e. The van der Waals surface area contributed by atoms with E-state index in [1.807, 2.05) is 18.2 Å². The molecule has 1 aliphatic rings. The van der Waals surface area contributed by atoms with Gasteiger partial charge in [0.05, 0.1) is 0 Å². The first-order chi connectivity index (χ1) is 5.86. The second-order valence-electron chi connectivity index (χ2n) is 2.97. The molecule has 0 spiro atoms. The van der Waals surface area contributed by atoms with E-state index in [4.69, 9.17) is 5.73 Å². The lowest BCUT2D eigenvalue weighted by Crippen LogP contribution is -2.18. The fourth-order valence-corrected chi connectivity index (χ4v) is 1.41. The molecule has 0 amide bonds. The topological polar surface area (TPSA) is 29.3 Å². The van der Waals surface area contributed by atoms with Gasteiger partial charge in [0.25, 0.3) is 0 Å². The third-order valence-electron chi connectivity index (χ3n) is 2.05. The molecule has 0 unspecified atom stereocenters. The van der Waals surface area contributed by atoms with Crippen molar-refractivity contribution in [3.05, 3.63) is 36.4 Å². The third kappa shape index (κ3) is 1.28. The van der Waals surface area contributed by atoms with E-state index in [1.54, 1.807) is 0 Å². The highest BCUT2D eigenvalue weighted by Gasteiger charge is 2.06. The Hall–Kier alpha value is -1.44. The van der Waals surface area contributed by atoms with Gasteiger partial charge in [-0.05, 0) is 18.2 Å². The zero-order valence-electron chi connectivity index (χ0n) is 6.90. The van der Waals surface area contributed by atoms with Gasteiger partial charge < -0.3 is 10.6 Å². The molecule has 2 heteroatoms. The summed E-state index contributed by atoms with van der Waals surface area (Å²) < 4.78 is 0. The molecule has 12 heavy (non-hydrogen) atoms. The maximum absolute atomic E-state index is 5.68. The van der Waals surface area contributed by atoms with Crippen LogP contribution in [0.5, 0.6) is 0 Å². The number of hydrogen-bond donors (Lipinski definition) is 1. The zero-order valence-corrected chi connectivity index (χ0v) is 6.90. The lowest BCUT2D eigenvalue weighted by Gasteiger charge is -2.17. The molecule has 1 heterocycles. The minimum atomic E-state index is 0.833. The van der Waals surface area contributed by atoms with Crippen LogP contribution in [-0.4, -0.2) is 13.1 Å². The van der Waals surface area contributed by atoms with Crippen molar-refractivity contribution in [3.8, 4) is 0 Å². The summed E-state index contributed by atoms with van der Waals surface area (Å²) in [4.78, 5) is 2.27. The summed E-state index contributed by atoms with van der Waals surface area (Å²) >= 11 is 0. The number of anilines is 2. The minimum Gasteiger partial charge on any atom is -0.399 e. The number of benzene rings is 1. The van der Waals surface area contributed by atoms with Crippen LogP contribution in [0, 0.1) is 0 Å². The van der Waals surface area contributed by atoms with E-state index >= 15 is 0 Å². The van der Waals surface area contributed by atoms with Gasteiger partial charge >= 0.3 is 0 Å². The Bertz CT molecular complexity index is 296. The van der Waals surface area contributed by atoms with Crippen LogP contribution < -0.4 is 10.6 Å². The molecule has 0 saturated carbocycles. The van der Waals surface area contributed by atoms with E-state index in [-0.39, 0.29) is 0 Å². The fourth-order valence-electron chi connectivity index (χ4n) is 1.41. The fraction of sp³-hybridized carbons (Fsp3) is 0.200. The van der Waals surface area contributed by atoms with Gasteiger partial charge in [-0.3, -0.25) is 0 Å². The van der Waals surface area contributed by atoms with Crippen molar-refractivity contribution in [1.29, 1.82) is 0 Å². The third-order valence-corrected chi connectivity index (χ3v) is 2.05. The molecule has 2 rings (SSSR count). The normalized spacial score (nSPS) is 15.5. The van der Waals surface area contributed by atoms with Crippen molar-refractivity contribution in [2.75, 3.05) is 23.7 Å². The van der Waals surface area contributed by atoms with Crippen LogP contribution in [0.25, 0.3) is 0 Å². The quantitative estimate of drug-likeness (QED) is 0.500. The summed E-state index contributed by atoms with van der Waals surface area (Å²) in [6.45, 7) is 2.01. The van der Waals surface area contributed by atoms with Crippen molar-refractivity contribution in [2.24, 2.45) is 0 Å². The summed E-state index contributed by atoms with van der Waals surface area (Å²) in [5.74, 6) is 0. The van der Waals surface area contributed by atoms with Crippen LogP contribution in [0.15, 0.2) is 36.4 Å². The lowest BCUT2D eigenvalue weighted by atomic mass is 10.2. The van der Waals surface area contributed by atoms with Gasteiger partial charge in [-0.1, -0.05) is 18.2 Å². The van der Waals surface area contributed by atoms with Gasteiger partial charge in [-0.15, -0.1) is 0 Å². The first-order valence-electron chi connectivity index (χ1n) is 4.12. The van der Waals surface area contributed by atoms with Crippen LogP contribution in [0.1, 0.15) is 0 Å². The molecule has 0 radical (unpaired) electrons. The summed E-state index contributed by atoms with van der Waals surface area (Å²) in [5, 5.41) is 0. The number of nitrogen functional groups attached to an aromatic ring is 1. The molecule has 1 aromatic rings. The molecule has 1 aromatic carbocycles. The summed E-state index contributed by atoms with van der Waals surface area (Å²) in [5.41, 5.74) is 7.72. The number of nitrogens with zero attached hydrogens (tertiary/aromatic N) is 1. The molecular weight excluding hydrogens is 148 g/mol. The Morgan fingerprint density at radius 2 is 1.92 bits per heavy atom. The van der Waals surface area contributed by atoms with Gasteiger partial charge in [-0.25, -0.2) is 0 Å². The molecule has 0 aliphatic carbocycles. The van der Waals surface area contributed by atoms with E-state index in [2.05, 4.69) is 23.1 Å². The highest BCUT2D eigenvalue weighted by Crippen LogP contribution is 2.18. The van der Waals surface area contributed by atoms with Crippen LogP contribution in [0.4, 0.5) is 11.4 Å².